The number of hydrogen-bond acceptors (Lipinski definition) is 4. The minimum atomic E-state index is -0.675. The third-order valence-corrected chi connectivity index (χ3v) is 4.85. The summed E-state index contributed by atoms with van der Waals surface area (Å²) in [4.78, 5) is 26.2. The summed E-state index contributed by atoms with van der Waals surface area (Å²) in [6.45, 7) is 5.33. The predicted molar refractivity (Wildman–Crippen MR) is 75.9 cm³/mol. The van der Waals surface area contributed by atoms with Crippen LogP contribution in [-0.4, -0.2) is 40.6 Å². The van der Waals surface area contributed by atoms with Crippen molar-refractivity contribution >= 4 is 11.9 Å². The number of carbonyl (C=O) groups excluding carboxylic acids is 2. The largest absolute Gasteiger partial charge is 0.457 e. The van der Waals surface area contributed by atoms with E-state index in [1.165, 1.54) is 6.08 Å². The highest BCUT2D eigenvalue weighted by Gasteiger charge is 2.61. The Hall–Kier alpha value is -1.62. The molecule has 5 heteroatoms. The Morgan fingerprint density at radius 1 is 1.57 bits per heavy atom. The Morgan fingerprint density at radius 2 is 2.33 bits per heavy atom. The molecule has 1 amide bonds. The molecule has 2 fully saturated rings. The van der Waals surface area contributed by atoms with Crippen LogP contribution in [0, 0.1) is 11.8 Å². The summed E-state index contributed by atoms with van der Waals surface area (Å²) >= 11 is 0. The number of hydrogen-bond donors (Lipinski definition) is 1. The molecule has 1 saturated carbocycles. The highest BCUT2D eigenvalue weighted by molar-refractivity contribution is 6.00. The molecular weight excluding hydrogens is 270 g/mol. The van der Waals surface area contributed by atoms with Gasteiger partial charge in [0.2, 0.25) is 5.91 Å². The van der Waals surface area contributed by atoms with E-state index in [0.717, 1.165) is 31.3 Å². The lowest BCUT2D eigenvalue weighted by molar-refractivity contribution is -0.164. The van der Waals surface area contributed by atoms with Crippen molar-refractivity contribution in [3.63, 3.8) is 0 Å². The summed E-state index contributed by atoms with van der Waals surface area (Å²) in [5.74, 6) is -0.755. The fourth-order valence-corrected chi connectivity index (χ4v) is 4.01. The molecule has 0 unspecified atom stereocenters. The van der Waals surface area contributed by atoms with Crippen LogP contribution in [0.5, 0.6) is 0 Å². The molecule has 3 rings (SSSR count). The van der Waals surface area contributed by atoms with E-state index < -0.39 is 12.1 Å². The van der Waals surface area contributed by atoms with Crippen LogP contribution in [-0.2, 0) is 14.3 Å². The Balaban J connectivity index is 1.92. The molecule has 5 nitrogen and oxygen atoms in total. The van der Waals surface area contributed by atoms with Crippen molar-refractivity contribution in [1.29, 1.82) is 0 Å². The zero-order chi connectivity index (χ0) is 15.1. The van der Waals surface area contributed by atoms with Gasteiger partial charge in [-0.25, -0.2) is 4.79 Å². The maximum Gasteiger partial charge on any atom is 0.355 e. The van der Waals surface area contributed by atoms with Crippen molar-refractivity contribution in [3.8, 4) is 0 Å². The average molecular weight is 291 g/mol. The van der Waals surface area contributed by atoms with Crippen LogP contribution in [0.2, 0.25) is 0 Å². The minimum Gasteiger partial charge on any atom is -0.457 e. The molecule has 21 heavy (non-hydrogen) atoms. The number of rotatable bonds is 4. The molecule has 1 aliphatic carbocycles. The van der Waals surface area contributed by atoms with Gasteiger partial charge in [-0.05, 0) is 31.8 Å². The van der Waals surface area contributed by atoms with E-state index in [9.17, 15) is 14.7 Å². The Morgan fingerprint density at radius 3 is 3.00 bits per heavy atom. The lowest BCUT2D eigenvalue weighted by Gasteiger charge is -2.47. The van der Waals surface area contributed by atoms with E-state index in [4.69, 9.17) is 4.74 Å². The molecule has 0 aromatic carbocycles. The SMILES string of the molecule is C=CCOC(=O)C1=C2CCCC[C@H]2[C@@H]2[C@@H]([C@@H](C)O)C(=O)N12. The van der Waals surface area contributed by atoms with Crippen molar-refractivity contribution in [1.82, 2.24) is 4.90 Å². The number of β-lactam (4-membered cyclic amide) rings is 1. The Bertz CT molecular complexity index is 522. The molecule has 114 valence electrons. The highest BCUT2D eigenvalue weighted by Crippen LogP contribution is 2.52. The molecule has 0 aromatic rings. The second kappa shape index (κ2) is 5.30. The van der Waals surface area contributed by atoms with E-state index in [1.54, 1.807) is 11.8 Å². The van der Waals surface area contributed by atoms with Gasteiger partial charge in [-0.15, -0.1) is 0 Å². The average Bonchev–Trinajstić information content (AvgIpc) is 2.75. The van der Waals surface area contributed by atoms with E-state index >= 15 is 0 Å². The molecule has 3 aliphatic rings. The molecule has 4 atom stereocenters. The van der Waals surface area contributed by atoms with Crippen LogP contribution in [0.15, 0.2) is 23.9 Å². The van der Waals surface area contributed by atoms with Crippen LogP contribution >= 0.6 is 0 Å². The first-order valence-corrected chi connectivity index (χ1v) is 7.60. The van der Waals surface area contributed by atoms with E-state index in [0.29, 0.717) is 5.70 Å². The number of aliphatic hydroxyl groups excluding tert-OH is 1. The first-order valence-electron chi connectivity index (χ1n) is 7.60. The monoisotopic (exact) mass is 291 g/mol. The third-order valence-electron chi connectivity index (χ3n) is 4.85. The van der Waals surface area contributed by atoms with Gasteiger partial charge in [0.05, 0.1) is 18.1 Å². The molecule has 0 bridgehead atoms. The van der Waals surface area contributed by atoms with E-state index in [2.05, 4.69) is 6.58 Å². The van der Waals surface area contributed by atoms with Crippen molar-refractivity contribution in [2.24, 2.45) is 11.8 Å². The van der Waals surface area contributed by atoms with Gasteiger partial charge in [0.15, 0.2) is 0 Å². The predicted octanol–water partition coefficient (Wildman–Crippen LogP) is 1.38. The first kappa shape index (κ1) is 14.3. The summed E-state index contributed by atoms with van der Waals surface area (Å²) in [7, 11) is 0. The number of fused-ring (bicyclic) bond motifs is 3. The number of nitrogens with zero attached hydrogens (tertiary/aromatic N) is 1. The zero-order valence-electron chi connectivity index (χ0n) is 12.2. The number of amides is 1. The van der Waals surface area contributed by atoms with Gasteiger partial charge < -0.3 is 14.7 Å². The fourth-order valence-electron chi connectivity index (χ4n) is 4.01. The van der Waals surface area contributed by atoms with Crippen molar-refractivity contribution in [2.45, 2.75) is 44.8 Å². The van der Waals surface area contributed by atoms with Gasteiger partial charge in [-0.2, -0.15) is 0 Å². The number of esters is 1. The third kappa shape index (κ3) is 2.02. The minimum absolute atomic E-state index is 0.0564. The van der Waals surface area contributed by atoms with Gasteiger partial charge >= 0.3 is 5.97 Å². The van der Waals surface area contributed by atoms with Crippen LogP contribution in [0.4, 0.5) is 0 Å². The van der Waals surface area contributed by atoms with Gasteiger partial charge in [-0.3, -0.25) is 4.79 Å². The summed E-state index contributed by atoms with van der Waals surface area (Å²) in [5, 5.41) is 9.85. The second-order valence-corrected chi connectivity index (χ2v) is 6.08. The van der Waals surface area contributed by atoms with E-state index in [1.807, 2.05) is 0 Å². The maximum atomic E-state index is 12.3. The first-order chi connectivity index (χ1) is 10.1. The Labute approximate surface area is 124 Å². The standard InChI is InChI=1S/C16H21NO4/c1-3-8-21-16(20)14-11-7-5-4-6-10(11)13-12(9(2)18)15(19)17(13)14/h3,9-10,12-13,18H,1,4-8H2,2H3/t9-,10-,12-,13-/m1/s1. The number of ether oxygens (including phenoxy) is 1. The molecular formula is C16H21NO4. The highest BCUT2D eigenvalue weighted by atomic mass is 16.5. The smallest absolute Gasteiger partial charge is 0.355 e. The molecule has 1 saturated heterocycles. The van der Waals surface area contributed by atoms with Gasteiger partial charge in [-0.1, -0.05) is 19.1 Å². The maximum absolute atomic E-state index is 12.3. The van der Waals surface area contributed by atoms with Crippen LogP contribution in [0.1, 0.15) is 32.6 Å². The van der Waals surface area contributed by atoms with Crippen molar-refractivity contribution < 1.29 is 19.4 Å². The zero-order valence-corrected chi connectivity index (χ0v) is 12.2. The number of carbonyl (C=O) groups is 2. The lowest BCUT2D eigenvalue weighted by atomic mass is 9.72. The van der Waals surface area contributed by atoms with Gasteiger partial charge in [0, 0.05) is 5.92 Å². The summed E-state index contributed by atoms with van der Waals surface area (Å²) in [5.41, 5.74) is 1.49. The van der Waals surface area contributed by atoms with Gasteiger partial charge in [0.1, 0.15) is 12.3 Å². The topological polar surface area (TPSA) is 66.8 Å². The van der Waals surface area contributed by atoms with Crippen LogP contribution in [0.3, 0.4) is 0 Å². The normalized spacial score (nSPS) is 32.2. The van der Waals surface area contributed by atoms with Crippen LogP contribution in [0.25, 0.3) is 0 Å². The molecule has 0 spiro atoms. The molecule has 0 aromatic heterocycles. The molecule has 2 heterocycles. The molecule has 1 N–H and O–H groups in total. The Kier molecular flexibility index (Phi) is 3.61. The number of aliphatic hydroxyl groups is 1. The molecule has 0 radical (unpaired) electrons. The molecule has 2 aliphatic heterocycles. The van der Waals surface area contributed by atoms with Gasteiger partial charge in [0.25, 0.3) is 0 Å². The van der Waals surface area contributed by atoms with E-state index in [-0.39, 0.29) is 30.4 Å². The second-order valence-electron chi connectivity index (χ2n) is 6.08. The van der Waals surface area contributed by atoms with Crippen LogP contribution < -0.4 is 0 Å². The lowest BCUT2D eigenvalue weighted by Crippen LogP contribution is -2.64. The summed E-state index contributed by atoms with van der Waals surface area (Å²) in [6, 6.07) is -0.0564. The quantitative estimate of drug-likeness (QED) is 0.483. The van der Waals surface area contributed by atoms with Crippen molar-refractivity contribution in [3.05, 3.63) is 23.9 Å². The summed E-state index contributed by atoms with van der Waals surface area (Å²) in [6.07, 6.45) is 4.81. The van der Waals surface area contributed by atoms with Crippen molar-refractivity contribution in [2.75, 3.05) is 6.61 Å². The summed E-state index contributed by atoms with van der Waals surface area (Å²) < 4.78 is 5.15. The fraction of sp³-hybridized carbons (Fsp3) is 0.625.